The Labute approximate surface area is 175 Å². The number of carbonyl (C=O) groups is 1. The van der Waals surface area contributed by atoms with Crippen LogP contribution in [0.1, 0.15) is 25.3 Å². The molecule has 0 saturated carbocycles. The van der Waals surface area contributed by atoms with E-state index in [9.17, 15) is 13.2 Å². The van der Waals surface area contributed by atoms with Gasteiger partial charge in [-0.3, -0.25) is 14.9 Å². The lowest BCUT2D eigenvalue weighted by Gasteiger charge is -2.31. The Morgan fingerprint density at radius 3 is 2.41 bits per heavy atom. The van der Waals surface area contributed by atoms with Crippen LogP contribution in [0.25, 0.3) is 16.7 Å². The molecule has 1 aliphatic rings. The van der Waals surface area contributed by atoms with E-state index in [0.29, 0.717) is 13.1 Å². The molecule has 29 heavy (non-hydrogen) atoms. The van der Waals surface area contributed by atoms with Crippen molar-refractivity contribution in [3.8, 4) is 11.1 Å². The molecule has 2 heterocycles. The zero-order valence-electron chi connectivity index (χ0n) is 16.6. The first-order valence-electron chi connectivity index (χ1n) is 9.43. The summed E-state index contributed by atoms with van der Waals surface area (Å²) in [6.45, 7) is 3.30. The van der Waals surface area contributed by atoms with Gasteiger partial charge < -0.3 is 0 Å². The fourth-order valence-electron chi connectivity index (χ4n) is 3.44. The Morgan fingerprint density at radius 2 is 1.90 bits per heavy atom. The van der Waals surface area contributed by atoms with Crippen LogP contribution in [0, 0.1) is 0 Å². The molecule has 0 bridgehead atoms. The van der Waals surface area contributed by atoms with E-state index in [2.05, 4.69) is 52.1 Å². The molecule has 0 saturated heterocycles. The summed E-state index contributed by atoms with van der Waals surface area (Å²) in [6.07, 6.45) is 4.17. The van der Waals surface area contributed by atoms with Gasteiger partial charge in [0.2, 0.25) is 0 Å². The number of benzene rings is 1. The van der Waals surface area contributed by atoms with Gasteiger partial charge in [0.15, 0.2) is 14.6 Å². The second-order valence-corrected chi connectivity index (χ2v) is 10.8. The van der Waals surface area contributed by atoms with Crippen molar-refractivity contribution in [3.05, 3.63) is 52.7 Å². The average molecular weight is 435 g/mol. The molecule has 0 spiro atoms. The van der Waals surface area contributed by atoms with Crippen molar-refractivity contribution < 1.29 is 18.4 Å². The molecule has 1 atom stereocenters. The minimum Gasteiger partial charge on any atom is -0.299 e. The van der Waals surface area contributed by atoms with E-state index >= 15 is 0 Å². The Hall–Kier alpha value is -2.00. The maximum Gasteiger partial charge on any atom is 0.264 e. The van der Waals surface area contributed by atoms with E-state index in [1.54, 1.807) is 11.3 Å². The average Bonchev–Trinajstić information content (AvgIpc) is 3.26. The lowest BCUT2D eigenvalue weighted by Crippen LogP contribution is -2.51. The highest BCUT2D eigenvalue weighted by Gasteiger charge is 2.43. The molecule has 8 heteroatoms. The number of nitrogens with one attached hydrogen (secondary N) is 1. The summed E-state index contributed by atoms with van der Waals surface area (Å²) >= 11 is 1.68. The molecule has 0 aliphatic carbocycles. The van der Waals surface area contributed by atoms with Gasteiger partial charge in [0.25, 0.3) is 5.91 Å². The first kappa shape index (κ1) is 21.7. The highest BCUT2D eigenvalue weighted by molar-refractivity contribution is 7.92. The first-order valence-corrected chi connectivity index (χ1v) is 12.3. The Balaban J connectivity index is 1.62. The second-order valence-electron chi connectivity index (χ2n) is 7.56. The topological polar surface area (TPSA) is 86.7 Å². The molecule has 2 N–H and O–H groups in total. The van der Waals surface area contributed by atoms with E-state index in [1.807, 2.05) is 0 Å². The fourth-order valence-corrected chi connectivity index (χ4v) is 4.95. The second kappa shape index (κ2) is 8.79. The smallest absolute Gasteiger partial charge is 0.264 e. The molecule has 156 valence electrons. The lowest BCUT2D eigenvalue weighted by molar-refractivity contribution is -0.131. The van der Waals surface area contributed by atoms with Crippen LogP contribution in [0.2, 0.25) is 0 Å². The molecule has 6 nitrogen and oxygen atoms in total. The molecule has 1 aromatic heterocycles. The van der Waals surface area contributed by atoms with Gasteiger partial charge in [0.05, 0.1) is 0 Å². The minimum atomic E-state index is -3.67. The van der Waals surface area contributed by atoms with E-state index in [0.717, 1.165) is 19.2 Å². The van der Waals surface area contributed by atoms with E-state index < -0.39 is 20.5 Å². The molecule has 0 fully saturated rings. The third-order valence-corrected chi connectivity index (χ3v) is 8.42. The number of nitrogens with zero attached hydrogens (tertiary/aromatic N) is 1. The van der Waals surface area contributed by atoms with Gasteiger partial charge in [-0.15, -0.1) is 0 Å². The standard InChI is InChI=1S/C21H26N2O4S2/c1-21(20(24)22-25,29(2,26)27)10-13-23-11-7-18(8-12-23)16-3-5-17(6-4-16)19-9-14-28-15-19/h3-7,9,14-15,25H,8,10-13H2,1-2H3,(H,22,24). The molecule has 1 aromatic carbocycles. The van der Waals surface area contributed by atoms with Crippen molar-refractivity contribution >= 4 is 32.7 Å². The Morgan fingerprint density at radius 1 is 1.21 bits per heavy atom. The van der Waals surface area contributed by atoms with Crippen LogP contribution < -0.4 is 5.48 Å². The van der Waals surface area contributed by atoms with Crippen LogP contribution in [0.15, 0.2) is 47.2 Å². The van der Waals surface area contributed by atoms with Crippen LogP contribution in [-0.2, 0) is 14.6 Å². The van der Waals surface area contributed by atoms with Crippen LogP contribution in [0.5, 0.6) is 0 Å². The van der Waals surface area contributed by atoms with E-state index in [-0.39, 0.29) is 6.42 Å². The van der Waals surface area contributed by atoms with Crippen molar-refractivity contribution in [1.82, 2.24) is 10.4 Å². The van der Waals surface area contributed by atoms with E-state index in [4.69, 9.17) is 5.21 Å². The minimum absolute atomic E-state index is 0.122. The number of rotatable bonds is 7. The summed E-state index contributed by atoms with van der Waals surface area (Å²) in [5.41, 5.74) is 6.40. The van der Waals surface area contributed by atoms with Crippen molar-refractivity contribution in [2.24, 2.45) is 0 Å². The molecule has 1 amide bonds. The van der Waals surface area contributed by atoms with Gasteiger partial charge in [-0.2, -0.15) is 11.3 Å². The van der Waals surface area contributed by atoms with Crippen LogP contribution in [0.4, 0.5) is 0 Å². The maximum atomic E-state index is 12.1. The maximum absolute atomic E-state index is 12.1. The predicted molar refractivity (Wildman–Crippen MR) is 117 cm³/mol. The zero-order valence-corrected chi connectivity index (χ0v) is 18.2. The molecule has 1 aliphatic heterocycles. The number of hydrogen-bond acceptors (Lipinski definition) is 6. The molecule has 2 aromatic rings. The number of hydroxylamine groups is 1. The van der Waals surface area contributed by atoms with Crippen LogP contribution in [0.3, 0.4) is 0 Å². The number of thiophene rings is 1. The summed E-state index contributed by atoms with van der Waals surface area (Å²) in [4.78, 5) is 14.1. The zero-order chi connectivity index (χ0) is 21.1. The number of sulfone groups is 1. The third kappa shape index (κ3) is 4.78. The molecular weight excluding hydrogens is 408 g/mol. The van der Waals surface area contributed by atoms with Gasteiger partial charge >= 0.3 is 0 Å². The Kier molecular flexibility index (Phi) is 6.58. The quantitative estimate of drug-likeness (QED) is 0.516. The molecule has 0 radical (unpaired) electrons. The van der Waals surface area contributed by atoms with Crippen molar-refractivity contribution in [2.45, 2.75) is 24.5 Å². The fraction of sp³-hybridized carbons (Fsp3) is 0.381. The van der Waals surface area contributed by atoms with Gasteiger partial charge in [-0.05, 0) is 58.9 Å². The highest BCUT2D eigenvalue weighted by atomic mass is 32.2. The van der Waals surface area contributed by atoms with E-state index in [1.165, 1.54) is 34.7 Å². The SMILES string of the molecule is CC(CCN1CC=C(c2ccc(-c3ccsc3)cc2)CC1)(C(=O)NO)S(C)(=O)=O. The van der Waals surface area contributed by atoms with Crippen LogP contribution in [-0.4, -0.2) is 55.1 Å². The summed E-state index contributed by atoms with van der Waals surface area (Å²) in [5, 5.41) is 13.1. The summed E-state index contributed by atoms with van der Waals surface area (Å²) in [5.74, 6) is -0.890. The van der Waals surface area contributed by atoms with Crippen molar-refractivity contribution in [2.75, 3.05) is 25.9 Å². The summed E-state index contributed by atoms with van der Waals surface area (Å²) in [6, 6.07) is 10.7. The highest BCUT2D eigenvalue weighted by Crippen LogP contribution is 2.28. The largest absolute Gasteiger partial charge is 0.299 e. The lowest BCUT2D eigenvalue weighted by atomic mass is 9.97. The predicted octanol–water partition coefficient (Wildman–Crippen LogP) is 3.20. The summed E-state index contributed by atoms with van der Waals surface area (Å²) < 4.78 is 22.5. The molecular formula is C21H26N2O4S2. The van der Waals surface area contributed by atoms with Crippen LogP contribution >= 0.6 is 11.3 Å². The monoisotopic (exact) mass is 434 g/mol. The first-order chi connectivity index (χ1) is 13.7. The number of hydrogen-bond donors (Lipinski definition) is 2. The Bertz CT molecular complexity index is 982. The molecule has 1 unspecified atom stereocenters. The van der Waals surface area contributed by atoms with Crippen molar-refractivity contribution in [3.63, 3.8) is 0 Å². The van der Waals surface area contributed by atoms with Gasteiger partial charge in [-0.1, -0.05) is 30.3 Å². The van der Waals surface area contributed by atoms with Gasteiger partial charge in [0.1, 0.15) is 0 Å². The van der Waals surface area contributed by atoms with Gasteiger partial charge in [0, 0.05) is 25.9 Å². The normalized spacial score (nSPS) is 17.4. The van der Waals surface area contributed by atoms with Gasteiger partial charge in [-0.25, -0.2) is 13.9 Å². The third-order valence-electron chi connectivity index (χ3n) is 5.71. The summed E-state index contributed by atoms with van der Waals surface area (Å²) in [7, 11) is -3.67. The van der Waals surface area contributed by atoms with Crippen molar-refractivity contribution in [1.29, 1.82) is 0 Å². The number of amides is 1. The number of carbonyl (C=O) groups excluding carboxylic acids is 1. The molecule has 3 rings (SSSR count).